The summed E-state index contributed by atoms with van der Waals surface area (Å²) in [4.78, 5) is 0. The molecule has 1 unspecified atom stereocenters. The number of alkyl halides is 1. The number of thioether (sulfide) groups is 1. The van der Waals surface area contributed by atoms with Crippen LogP contribution in [-0.2, 0) is 0 Å². The third kappa shape index (κ3) is 8.63. The monoisotopic (exact) mass is 223 g/mol. The van der Waals surface area contributed by atoms with Gasteiger partial charge in [0.1, 0.15) is 0 Å². The molecule has 0 rings (SSSR count). The second-order valence-corrected chi connectivity index (χ2v) is 4.36. The smallest absolute Gasteiger partial charge is 0.0833 e. The predicted molar refractivity (Wildman–Crippen MR) is 61.7 cm³/mol. The molecule has 2 nitrogen and oxygen atoms in total. The molecule has 0 aromatic heterocycles. The highest BCUT2D eigenvalue weighted by molar-refractivity contribution is 7.98. The zero-order valence-electron chi connectivity index (χ0n) is 8.22. The van der Waals surface area contributed by atoms with E-state index in [0.717, 1.165) is 12.3 Å². The zero-order valence-corrected chi connectivity index (χ0v) is 9.79. The highest BCUT2D eigenvalue weighted by Crippen LogP contribution is 2.08. The summed E-state index contributed by atoms with van der Waals surface area (Å²) in [5, 5.41) is 12.9. The van der Waals surface area contributed by atoms with Gasteiger partial charge >= 0.3 is 0 Å². The van der Waals surface area contributed by atoms with Gasteiger partial charge in [0.2, 0.25) is 0 Å². The average molecular weight is 224 g/mol. The van der Waals surface area contributed by atoms with E-state index in [1.807, 2.05) is 25.3 Å². The molecule has 0 saturated carbocycles. The van der Waals surface area contributed by atoms with Gasteiger partial charge in [-0.25, -0.2) is 0 Å². The van der Waals surface area contributed by atoms with Gasteiger partial charge in [0.05, 0.1) is 5.60 Å². The first-order valence-corrected chi connectivity index (χ1v) is 6.18. The van der Waals surface area contributed by atoms with Gasteiger partial charge in [0.25, 0.3) is 0 Å². The Morgan fingerprint density at radius 1 is 1.54 bits per heavy atom. The highest BCUT2D eigenvalue weighted by Gasteiger charge is 2.17. The summed E-state index contributed by atoms with van der Waals surface area (Å²) in [5.41, 5.74) is -0.617. The topological polar surface area (TPSA) is 32.3 Å². The molecule has 0 spiro atoms. The Bertz CT molecular complexity index is 151. The molecule has 0 fully saturated rings. The number of nitrogens with one attached hydrogen (secondary N) is 1. The van der Waals surface area contributed by atoms with Gasteiger partial charge < -0.3 is 10.4 Å². The molecular weight excluding hydrogens is 206 g/mol. The number of allylic oxidation sites excluding steroid dienone is 1. The lowest BCUT2D eigenvalue weighted by molar-refractivity contribution is 0.0861. The van der Waals surface area contributed by atoms with E-state index < -0.39 is 5.60 Å². The van der Waals surface area contributed by atoms with Crippen molar-refractivity contribution < 1.29 is 5.11 Å². The van der Waals surface area contributed by atoms with Crippen LogP contribution in [0, 0.1) is 0 Å². The number of aliphatic hydroxyl groups is 1. The van der Waals surface area contributed by atoms with E-state index in [2.05, 4.69) is 5.32 Å². The molecule has 2 N–H and O–H groups in total. The van der Waals surface area contributed by atoms with Crippen LogP contribution in [0.2, 0.25) is 0 Å². The maximum Gasteiger partial charge on any atom is 0.0833 e. The molecule has 0 heterocycles. The molecule has 0 radical (unpaired) electrons. The lowest BCUT2D eigenvalue weighted by Crippen LogP contribution is -2.40. The molecule has 0 aromatic carbocycles. The summed E-state index contributed by atoms with van der Waals surface area (Å²) in [6, 6.07) is 0. The lowest BCUT2D eigenvalue weighted by atomic mass is 10.1. The summed E-state index contributed by atoms with van der Waals surface area (Å²) in [6.45, 7) is 3.21. The van der Waals surface area contributed by atoms with Gasteiger partial charge in [0.15, 0.2) is 0 Å². The zero-order chi connectivity index (χ0) is 10.2. The van der Waals surface area contributed by atoms with Crippen LogP contribution in [0.1, 0.15) is 6.92 Å². The number of halogens is 1. The fourth-order valence-corrected chi connectivity index (χ4v) is 1.78. The van der Waals surface area contributed by atoms with Crippen molar-refractivity contribution >= 4 is 23.4 Å². The summed E-state index contributed by atoms with van der Waals surface area (Å²) in [7, 11) is 0. The lowest BCUT2D eigenvalue weighted by Gasteiger charge is -2.22. The maximum atomic E-state index is 9.74. The van der Waals surface area contributed by atoms with Crippen molar-refractivity contribution in [3.05, 3.63) is 12.2 Å². The molecule has 0 aliphatic rings. The van der Waals surface area contributed by atoms with E-state index in [1.54, 1.807) is 11.8 Å². The van der Waals surface area contributed by atoms with E-state index in [-0.39, 0.29) is 0 Å². The Hall–Kier alpha value is 0.300. The minimum absolute atomic E-state index is 0.545. The van der Waals surface area contributed by atoms with Crippen LogP contribution in [0.5, 0.6) is 0 Å². The van der Waals surface area contributed by atoms with Crippen LogP contribution in [-0.4, -0.2) is 41.7 Å². The number of rotatable bonds is 7. The van der Waals surface area contributed by atoms with Crippen LogP contribution in [0.15, 0.2) is 12.2 Å². The summed E-state index contributed by atoms with van der Waals surface area (Å²) >= 11 is 7.10. The second-order valence-electron chi connectivity index (χ2n) is 3.19. The molecular formula is C9H18ClNOS. The Balaban J connectivity index is 3.45. The third-order valence-electron chi connectivity index (χ3n) is 1.48. The van der Waals surface area contributed by atoms with Crippen molar-refractivity contribution in [1.29, 1.82) is 0 Å². The molecule has 0 aromatic rings. The third-order valence-corrected chi connectivity index (χ3v) is 2.57. The second kappa shape index (κ2) is 7.68. The molecule has 0 aliphatic heterocycles. The average Bonchev–Trinajstić information content (AvgIpc) is 2.04. The van der Waals surface area contributed by atoms with Gasteiger partial charge in [-0.15, -0.1) is 11.6 Å². The van der Waals surface area contributed by atoms with Crippen LogP contribution in [0.25, 0.3) is 0 Å². The maximum absolute atomic E-state index is 9.74. The van der Waals surface area contributed by atoms with Crippen molar-refractivity contribution in [2.45, 2.75) is 12.5 Å². The molecule has 78 valence electrons. The summed E-state index contributed by atoms with van der Waals surface area (Å²) in [6.07, 6.45) is 5.84. The SMILES string of the molecule is CSCC(C)(O)CNC/C=C/CCl. The number of hydrogen-bond donors (Lipinski definition) is 2. The molecule has 0 amide bonds. The van der Waals surface area contributed by atoms with Gasteiger partial charge in [-0.1, -0.05) is 12.2 Å². The first-order chi connectivity index (χ1) is 6.12. The van der Waals surface area contributed by atoms with Crippen LogP contribution in [0.4, 0.5) is 0 Å². The normalized spacial score (nSPS) is 16.3. The Kier molecular flexibility index (Phi) is 7.86. The van der Waals surface area contributed by atoms with Gasteiger partial charge in [-0.2, -0.15) is 11.8 Å². The van der Waals surface area contributed by atoms with Crippen molar-refractivity contribution in [3.8, 4) is 0 Å². The first kappa shape index (κ1) is 13.3. The van der Waals surface area contributed by atoms with Gasteiger partial charge in [-0.05, 0) is 13.2 Å². The van der Waals surface area contributed by atoms with Crippen LogP contribution in [0.3, 0.4) is 0 Å². The van der Waals surface area contributed by atoms with Gasteiger partial charge in [-0.3, -0.25) is 0 Å². The van der Waals surface area contributed by atoms with Crippen LogP contribution >= 0.6 is 23.4 Å². The summed E-state index contributed by atoms with van der Waals surface area (Å²) < 4.78 is 0. The van der Waals surface area contributed by atoms with E-state index in [1.165, 1.54) is 0 Å². The van der Waals surface area contributed by atoms with Gasteiger partial charge in [0, 0.05) is 24.7 Å². The van der Waals surface area contributed by atoms with Crippen molar-refractivity contribution in [1.82, 2.24) is 5.32 Å². The fraction of sp³-hybridized carbons (Fsp3) is 0.778. The van der Waals surface area contributed by atoms with E-state index >= 15 is 0 Å². The van der Waals surface area contributed by atoms with Crippen molar-refractivity contribution in [2.24, 2.45) is 0 Å². The van der Waals surface area contributed by atoms with Crippen LogP contribution < -0.4 is 5.32 Å². The molecule has 0 saturated heterocycles. The minimum atomic E-state index is -0.617. The fourth-order valence-electron chi connectivity index (χ4n) is 0.933. The molecule has 1 atom stereocenters. The number of hydrogen-bond acceptors (Lipinski definition) is 3. The van der Waals surface area contributed by atoms with Crippen molar-refractivity contribution in [3.63, 3.8) is 0 Å². The Morgan fingerprint density at radius 2 is 2.23 bits per heavy atom. The minimum Gasteiger partial charge on any atom is -0.388 e. The quantitative estimate of drug-likeness (QED) is 0.390. The standard InChI is InChI=1S/C9H18ClNOS/c1-9(12,8-13-2)7-11-6-4-3-5-10/h3-4,11-12H,5-8H2,1-2H3/b4-3+. The van der Waals surface area contributed by atoms with E-state index in [4.69, 9.17) is 11.6 Å². The largest absolute Gasteiger partial charge is 0.388 e. The predicted octanol–water partition coefficient (Wildman–Crippen LogP) is 1.48. The van der Waals surface area contributed by atoms with Crippen molar-refractivity contribution in [2.75, 3.05) is 31.0 Å². The summed E-state index contributed by atoms with van der Waals surface area (Å²) in [5.74, 6) is 1.29. The molecule has 4 heteroatoms. The Morgan fingerprint density at radius 3 is 2.77 bits per heavy atom. The van der Waals surface area contributed by atoms with E-state index in [0.29, 0.717) is 12.4 Å². The highest BCUT2D eigenvalue weighted by atomic mass is 35.5. The first-order valence-electron chi connectivity index (χ1n) is 4.25. The van der Waals surface area contributed by atoms with E-state index in [9.17, 15) is 5.11 Å². The molecule has 13 heavy (non-hydrogen) atoms. The molecule has 0 aliphatic carbocycles. The molecule has 0 bridgehead atoms. The Labute approximate surface area is 89.7 Å².